The van der Waals surface area contributed by atoms with E-state index in [-0.39, 0.29) is 5.82 Å². The van der Waals surface area contributed by atoms with Crippen molar-refractivity contribution in [2.45, 2.75) is 19.8 Å². The molecular formula is C18H19N7O2. The van der Waals surface area contributed by atoms with Gasteiger partial charge in [-0.3, -0.25) is 9.59 Å². The normalized spacial score (nSPS) is 13.9. The largest absolute Gasteiger partial charge is 0.370 e. The number of benzene rings is 1. The van der Waals surface area contributed by atoms with Crippen molar-refractivity contribution in [2.24, 2.45) is 5.73 Å². The van der Waals surface area contributed by atoms with Gasteiger partial charge in [0.15, 0.2) is 0 Å². The average Bonchev–Trinajstić information content (AvgIpc) is 3.32. The van der Waals surface area contributed by atoms with Crippen LogP contribution in [0.25, 0.3) is 5.78 Å². The fraction of sp³-hybridized carbons (Fsp3) is 0.278. The number of anilines is 2. The maximum atomic E-state index is 12.7. The number of aryl methyl sites for hydroxylation is 1. The van der Waals surface area contributed by atoms with E-state index in [1.165, 1.54) is 4.52 Å². The van der Waals surface area contributed by atoms with E-state index in [0.717, 1.165) is 37.3 Å². The number of primary amides is 1. The first kappa shape index (κ1) is 17.0. The molecule has 1 fully saturated rings. The Morgan fingerprint density at radius 1 is 1.19 bits per heavy atom. The fourth-order valence-electron chi connectivity index (χ4n) is 3.20. The van der Waals surface area contributed by atoms with Crippen LogP contribution in [0.1, 0.15) is 39.5 Å². The van der Waals surface area contributed by atoms with E-state index in [9.17, 15) is 9.59 Å². The lowest BCUT2D eigenvalue weighted by Gasteiger charge is -2.21. The first-order valence-corrected chi connectivity index (χ1v) is 8.71. The van der Waals surface area contributed by atoms with Gasteiger partial charge < -0.3 is 16.0 Å². The second kappa shape index (κ2) is 6.67. The number of hydrogen-bond donors (Lipinski definition) is 2. The zero-order valence-electron chi connectivity index (χ0n) is 14.8. The number of nitrogens with zero attached hydrogens (tertiary/aromatic N) is 5. The molecular weight excluding hydrogens is 346 g/mol. The number of rotatable bonds is 4. The number of aromatic nitrogens is 4. The highest BCUT2D eigenvalue weighted by Crippen LogP contribution is 2.30. The summed E-state index contributed by atoms with van der Waals surface area (Å²) >= 11 is 0. The van der Waals surface area contributed by atoms with Crippen LogP contribution in [0.5, 0.6) is 0 Å². The van der Waals surface area contributed by atoms with Crippen molar-refractivity contribution in [2.75, 3.05) is 23.3 Å². The molecule has 2 aromatic heterocycles. The van der Waals surface area contributed by atoms with E-state index < -0.39 is 11.8 Å². The van der Waals surface area contributed by atoms with Crippen LogP contribution < -0.4 is 16.0 Å². The van der Waals surface area contributed by atoms with Gasteiger partial charge in [-0.15, -0.1) is 5.10 Å². The van der Waals surface area contributed by atoms with Gasteiger partial charge in [0.1, 0.15) is 0 Å². The lowest BCUT2D eigenvalue weighted by Crippen LogP contribution is -2.22. The van der Waals surface area contributed by atoms with E-state index in [2.05, 4.69) is 25.3 Å². The number of fused-ring (bicyclic) bond motifs is 1. The van der Waals surface area contributed by atoms with Crippen molar-refractivity contribution >= 4 is 29.0 Å². The van der Waals surface area contributed by atoms with Gasteiger partial charge in [0.05, 0.1) is 11.4 Å². The van der Waals surface area contributed by atoms with Gasteiger partial charge >= 0.3 is 0 Å². The molecule has 2 amide bonds. The van der Waals surface area contributed by atoms with Gasteiger partial charge in [-0.25, -0.2) is 9.50 Å². The Morgan fingerprint density at radius 3 is 2.67 bits per heavy atom. The summed E-state index contributed by atoms with van der Waals surface area (Å²) in [6.45, 7) is 3.65. The topological polar surface area (TPSA) is 119 Å². The lowest BCUT2D eigenvalue weighted by atomic mass is 10.1. The Bertz CT molecular complexity index is 1040. The first-order chi connectivity index (χ1) is 13.0. The Kier molecular flexibility index (Phi) is 4.19. The van der Waals surface area contributed by atoms with Gasteiger partial charge in [0.2, 0.25) is 11.7 Å². The molecule has 1 aliphatic heterocycles. The molecule has 1 aliphatic rings. The van der Waals surface area contributed by atoms with Gasteiger partial charge in [-0.1, -0.05) is 0 Å². The molecule has 27 heavy (non-hydrogen) atoms. The molecule has 0 bridgehead atoms. The van der Waals surface area contributed by atoms with E-state index in [0.29, 0.717) is 17.0 Å². The van der Waals surface area contributed by atoms with Crippen molar-refractivity contribution in [3.8, 4) is 0 Å². The van der Waals surface area contributed by atoms with Crippen LogP contribution in [0.2, 0.25) is 0 Å². The summed E-state index contributed by atoms with van der Waals surface area (Å²) < 4.78 is 1.51. The third-order valence-corrected chi connectivity index (χ3v) is 4.61. The molecule has 0 spiro atoms. The van der Waals surface area contributed by atoms with Gasteiger partial charge in [-0.2, -0.15) is 4.98 Å². The van der Waals surface area contributed by atoms with E-state index >= 15 is 0 Å². The number of hydrogen-bond acceptors (Lipinski definition) is 6. The molecule has 0 radical (unpaired) electrons. The molecule has 9 nitrogen and oxygen atoms in total. The molecule has 1 saturated heterocycles. The molecule has 0 atom stereocenters. The van der Waals surface area contributed by atoms with E-state index in [1.54, 1.807) is 24.4 Å². The number of carbonyl (C=O) groups excluding carboxylic acids is 2. The highest BCUT2D eigenvalue weighted by molar-refractivity contribution is 6.05. The zero-order valence-corrected chi connectivity index (χ0v) is 14.8. The lowest BCUT2D eigenvalue weighted by molar-refractivity contribution is 0.0994. The highest BCUT2D eigenvalue weighted by Gasteiger charge is 2.21. The molecule has 0 saturated carbocycles. The quantitative estimate of drug-likeness (QED) is 0.721. The van der Waals surface area contributed by atoms with Gasteiger partial charge in [0, 0.05) is 30.5 Å². The van der Waals surface area contributed by atoms with Crippen LogP contribution in [0.15, 0.2) is 30.5 Å². The van der Waals surface area contributed by atoms with Crippen molar-refractivity contribution in [3.05, 3.63) is 47.5 Å². The summed E-state index contributed by atoms with van der Waals surface area (Å²) in [4.78, 5) is 34.7. The summed E-state index contributed by atoms with van der Waals surface area (Å²) in [5.41, 5.74) is 7.91. The molecule has 9 heteroatoms. The van der Waals surface area contributed by atoms with Crippen molar-refractivity contribution < 1.29 is 9.59 Å². The molecule has 0 aliphatic carbocycles. The Balaban J connectivity index is 1.68. The summed E-state index contributed by atoms with van der Waals surface area (Å²) in [6, 6.07) is 6.85. The van der Waals surface area contributed by atoms with Crippen molar-refractivity contribution in [1.82, 2.24) is 19.6 Å². The molecule has 4 rings (SSSR count). The van der Waals surface area contributed by atoms with Crippen LogP contribution in [-0.2, 0) is 0 Å². The second-order valence-corrected chi connectivity index (χ2v) is 6.48. The monoisotopic (exact) mass is 365 g/mol. The summed E-state index contributed by atoms with van der Waals surface area (Å²) in [5.74, 6) is -0.662. The molecule has 3 N–H and O–H groups in total. The Morgan fingerprint density at radius 2 is 1.96 bits per heavy atom. The fourth-order valence-corrected chi connectivity index (χ4v) is 3.20. The summed E-state index contributed by atoms with van der Waals surface area (Å²) in [5, 5.41) is 7.04. The van der Waals surface area contributed by atoms with Crippen LogP contribution in [-0.4, -0.2) is 44.5 Å². The predicted molar refractivity (Wildman–Crippen MR) is 99.9 cm³/mol. The predicted octanol–water partition coefficient (Wildman–Crippen LogP) is 1.38. The summed E-state index contributed by atoms with van der Waals surface area (Å²) in [6.07, 6.45) is 3.79. The minimum Gasteiger partial charge on any atom is -0.370 e. The van der Waals surface area contributed by atoms with Crippen molar-refractivity contribution in [3.63, 3.8) is 0 Å². The number of nitrogens with two attached hydrogens (primary N) is 1. The molecule has 0 unspecified atom stereocenters. The van der Waals surface area contributed by atoms with Crippen molar-refractivity contribution in [1.29, 1.82) is 0 Å². The number of amides is 2. The average molecular weight is 365 g/mol. The Hall–Kier alpha value is -3.49. The third-order valence-electron chi connectivity index (χ3n) is 4.61. The highest BCUT2D eigenvalue weighted by atomic mass is 16.2. The SMILES string of the molecule is Cc1ccnc2nc(C(=O)Nc3cc(C(N)=O)ccc3N3CCCC3)nn12. The van der Waals surface area contributed by atoms with Crippen LogP contribution in [0, 0.1) is 6.92 Å². The third kappa shape index (κ3) is 3.19. The maximum Gasteiger partial charge on any atom is 0.295 e. The zero-order chi connectivity index (χ0) is 19.0. The molecule has 1 aromatic carbocycles. The van der Waals surface area contributed by atoms with Crippen LogP contribution in [0.3, 0.4) is 0 Å². The summed E-state index contributed by atoms with van der Waals surface area (Å²) in [7, 11) is 0. The van der Waals surface area contributed by atoms with Gasteiger partial charge in [-0.05, 0) is 44.0 Å². The molecule has 3 aromatic rings. The van der Waals surface area contributed by atoms with Crippen LogP contribution >= 0.6 is 0 Å². The second-order valence-electron chi connectivity index (χ2n) is 6.48. The molecule has 138 valence electrons. The van der Waals surface area contributed by atoms with Crippen LogP contribution in [0.4, 0.5) is 11.4 Å². The minimum absolute atomic E-state index is 0.00801. The van der Waals surface area contributed by atoms with E-state index in [1.807, 2.05) is 13.0 Å². The minimum atomic E-state index is -0.552. The number of nitrogens with one attached hydrogen (secondary N) is 1. The molecule has 3 heterocycles. The smallest absolute Gasteiger partial charge is 0.295 e. The number of carbonyl (C=O) groups is 2. The van der Waals surface area contributed by atoms with Gasteiger partial charge in [0.25, 0.3) is 11.7 Å². The standard InChI is InChI=1S/C18H19N7O2/c1-11-6-7-20-18-22-16(23-25(11)18)17(27)21-13-10-12(15(19)26)4-5-14(13)24-8-2-3-9-24/h4-7,10H,2-3,8-9H2,1H3,(H2,19,26)(H,21,27). The maximum absolute atomic E-state index is 12.7. The first-order valence-electron chi connectivity index (χ1n) is 8.71. The van der Waals surface area contributed by atoms with E-state index in [4.69, 9.17) is 5.73 Å². The Labute approximate surface area is 155 Å².